The first-order chi connectivity index (χ1) is 7.99. The summed E-state index contributed by atoms with van der Waals surface area (Å²) in [5.41, 5.74) is 6.64. The lowest BCUT2D eigenvalue weighted by Gasteiger charge is -2.32. The van der Waals surface area contributed by atoms with Gasteiger partial charge in [-0.15, -0.1) is 0 Å². The van der Waals surface area contributed by atoms with Gasteiger partial charge in [0.05, 0.1) is 17.3 Å². The molecule has 1 saturated heterocycles. The summed E-state index contributed by atoms with van der Waals surface area (Å²) in [6.07, 6.45) is 0. The number of carbonyl (C=O) groups excluding carboxylic acids is 2. The van der Waals surface area contributed by atoms with Crippen LogP contribution in [0.1, 0.15) is 0 Å². The lowest BCUT2D eigenvalue weighted by Crippen LogP contribution is -2.52. The number of carbonyl (C=O) groups is 2. The maximum Gasteiger partial charge on any atom is 0.247 e. The molecule has 0 unspecified atom stereocenters. The molecule has 0 spiro atoms. The summed E-state index contributed by atoms with van der Waals surface area (Å²) in [6.45, 7) is 0.0580. The van der Waals surface area contributed by atoms with Crippen molar-refractivity contribution in [2.24, 2.45) is 0 Å². The molecule has 1 heterocycles. The van der Waals surface area contributed by atoms with E-state index in [1.807, 2.05) is 0 Å². The van der Waals surface area contributed by atoms with Gasteiger partial charge in [-0.25, -0.2) is 0 Å². The summed E-state index contributed by atoms with van der Waals surface area (Å²) in [7, 11) is 1.60. The van der Waals surface area contributed by atoms with Crippen LogP contribution in [0.4, 0.5) is 11.4 Å². The van der Waals surface area contributed by atoms with Crippen LogP contribution in [0, 0.1) is 0 Å². The number of anilines is 2. The van der Waals surface area contributed by atoms with Crippen LogP contribution in [0.15, 0.2) is 18.2 Å². The monoisotopic (exact) mass is 253 g/mol. The lowest BCUT2D eigenvalue weighted by molar-refractivity contribution is -0.136. The Morgan fingerprint density at radius 1 is 1.24 bits per heavy atom. The number of hydrogen-bond donors (Lipinski definition) is 1. The number of rotatable bonds is 1. The van der Waals surface area contributed by atoms with E-state index in [0.29, 0.717) is 16.4 Å². The third-order valence-electron chi connectivity index (χ3n) is 2.65. The van der Waals surface area contributed by atoms with E-state index in [1.54, 1.807) is 25.2 Å². The summed E-state index contributed by atoms with van der Waals surface area (Å²) < 4.78 is 0. The normalized spacial score (nSPS) is 16.6. The molecule has 5 nitrogen and oxygen atoms in total. The molecule has 0 saturated carbocycles. The van der Waals surface area contributed by atoms with E-state index < -0.39 is 0 Å². The Morgan fingerprint density at radius 2 is 1.94 bits per heavy atom. The van der Waals surface area contributed by atoms with Gasteiger partial charge in [0.15, 0.2) is 0 Å². The smallest absolute Gasteiger partial charge is 0.247 e. The van der Waals surface area contributed by atoms with Crippen LogP contribution >= 0.6 is 11.6 Å². The van der Waals surface area contributed by atoms with Gasteiger partial charge in [0, 0.05) is 12.7 Å². The van der Waals surface area contributed by atoms with E-state index in [4.69, 9.17) is 17.3 Å². The van der Waals surface area contributed by atoms with Gasteiger partial charge in [0.25, 0.3) is 0 Å². The van der Waals surface area contributed by atoms with Gasteiger partial charge in [0.2, 0.25) is 11.8 Å². The standard InChI is InChI=1S/C11H12ClN3O2/c1-14-5-11(17)15(6-10(14)16)9-4-7(13)2-3-8(9)12/h2-4H,5-6,13H2,1H3. The molecule has 0 aliphatic carbocycles. The lowest BCUT2D eigenvalue weighted by atomic mass is 10.2. The van der Waals surface area contributed by atoms with Crippen LogP contribution in [-0.4, -0.2) is 36.9 Å². The molecule has 2 amide bonds. The van der Waals surface area contributed by atoms with Crippen LogP contribution in [0.3, 0.4) is 0 Å². The Bertz CT molecular complexity index is 490. The van der Waals surface area contributed by atoms with Gasteiger partial charge in [-0.2, -0.15) is 0 Å². The fourth-order valence-electron chi connectivity index (χ4n) is 1.68. The minimum absolute atomic E-state index is 0.00148. The van der Waals surface area contributed by atoms with Gasteiger partial charge < -0.3 is 10.6 Å². The Balaban J connectivity index is 2.36. The Hall–Kier alpha value is -1.75. The summed E-state index contributed by atoms with van der Waals surface area (Å²) in [6, 6.07) is 4.86. The van der Waals surface area contributed by atoms with Crippen molar-refractivity contribution in [1.29, 1.82) is 0 Å². The predicted molar refractivity (Wildman–Crippen MR) is 65.9 cm³/mol. The van der Waals surface area contributed by atoms with E-state index in [0.717, 1.165) is 0 Å². The minimum atomic E-state index is -0.167. The van der Waals surface area contributed by atoms with Crippen molar-refractivity contribution in [3.8, 4) is 0 Å². The molecule has 1 aliphatic heterocycles. The zero-order chi connectivity index (χ0) is 12.6. The second-order valence-electron chi connectivity index (χ2n) is 3.94. The molecule has 0 bridgehead atoms. The molecule has 2 rings (SSSR count). The van der Waals surface area contributed by atoms with Gasteiger partial charge in [-0.1, -0.05) is 11.6 Å². The largest absolute Gasteiger partial charge is 0.399 e. The topological polar surface area (TPSA) is 66.6 Å². The molecular formula is C11H12ClN3O2. The first-order valence-corrected chi connectivity index (χ1v) is 5.46. The summed E-state index contributed by atoms with van der Waals surface area (Å²) >= 11 is 6.00. The molecule has 1 aromatic rings. The minimum Gasteiger partial charge on any atom is -0.399 e. The molecule has 2 N–H and O–H groups in total. The highest BCUT2D eigenvalue weighted by Crippen LogP contribution is 2.29. The van der Waals surface area contributed by atoms with Gasteiger partial charge >= 0.3 is 0 Å². The Labute approximate surface area is 104 Å². The molecule has 0 aromatic heterocycles. The first-order valence-electron chi connectivity index (χ1n) is 5.08. The number of nitrogen functional groups attached to an aromatic ring is 1. The van der Waals surface area contributed by atoms with Crippen molar-refractivity contribution in [2.45, 2.75) is 0 Å². The average molecular weight is 254 g/mol. The molecule has 90 valence electrons. The Kier molecular flexibility index (Phi) is 2.93. The van der Waals surface area contributed by atoms with Crippen molar-refractivity contribution in [1.82, 2.24) is 4.90 Å². The SMILES string of the molecule is CN1CC(=O)N(c2cc(N)ccc2Cl)CC1=O. The zero-order valence-corrected chi connectivity index (χ0v) is 10.1. The number of likely N-dealkylation sites (N-methyl/N-ethyl adjacent to an activating group) is 1. The van der Waals surface area contributed by atoms with E-state index >= 15 is 0 Å². The number of amides is 2. The highest BCUT2D eigenvalue weighted by atomic mass is 35.5. The van der Waals surface area contributed by atoms with Gasteiger partial charge in [0.1, 0.15) is 6.54 Å². The highest BCUT2D eigenvalue weighted by molar-refractivity contribution is 6.34. The van der Waals surface area contributed by atoms with E-state index in [1.165, 1.54) is 9.80 Å². The average Bonchev–Trinajstić information content (AvgIpc) is 2.27. The number of hydrogen-bond acceptors (Lipinski definition) is 3. The van der Waals surface area contributed by atoms with Gasteiger partial charge in [-0.3, -0.25) is 14.5 Å². The van der Waals surface area contributed by atoms with Crippen molar-refractivity contribution in [2.75, 3.05) is 30.8 Å². The molecule has 1 aliphatic rings. The van der Waals surface area contributed by atoms with Gasteiger partial charge in [-0.05, 0) is 18.2 Å². The Morgan fingerprint density at radius 3 is 2.65 bits per heavy atom. The third kappa shape index (κ3) is 2.19. The number of piperazine rings is 1. The molecule has 0 radical (unpaired) electrons. The van der Waals surface area contributed by atoms with E-state index in [2.05, 4.69) is 0 Å². The van der Waals surface area contributed by atoms with Crippen molar-refractivity contribution in [3.05, 3.63) is 23.2 Å². The summed E-state index contributed by atoms with van der Waals surface area (Å²) in [5, 5.41) is 0.407. The maximum atomic E-state index is 11.8. The second kappa shape index (κ2) is 4.25. The van der Waals surface area contributed by atoms with E-state index in [-0.39, 0.29) is 24.9 Å². The predicted octanol–water partition coefficient (Wildman–Crippen LogP) is 0.727. The van der Waals surface area contributed by atoms with Crippen LogP contribution < -0.4 is 10.6 Å². The molecule has 0 atom stereocenters. The van der Waals surface area contributed by atoms with Crippen LogP contribution in [0.25, 0.3) is 0 Å². The number of nitrogens with two attached hydrogens (primary N) is 1. The first kappa shape index (κ1) is 11.7. The summed E-state index contributed by atoms with van der Waals surface area (Å²) in [4.78, 5) is 26.2. The fraction of sp³-hybridized carbons (Fsp3) is 0.273. The highest BCUT2D eigenvalue weighted by Gasteiger charge is 2.29. The van der Waals surface area contributed by atoms with Crippen molar-refractivity contribution < 1.29 is 9.59 Å². The molecule has 1 fully saturated rings. The maximum absolute atomic E-state index is 11.8. The van der Waals surface area contributed by atoms with Crippen LogP contribution in [0.2, 0.25) is 5.02 Å². The third-order valence-corrected chi connectivity index (χ3v) is 2.97. The van der Waals surface area contributed by atoms with Crippen LogP contribution in [-0.2, 0) is 9.59 Å². The second-order valence-corrected chi connectivity index (χ2v) is 4.35. The molecule has 1 aromatic carbocycles. The zero-order valence-electron chi connectivity index (χ0n) is 9.31. The fourth-order valence-corrected chi connectivity index (χ4v) is 1.90. The van der Waals surface area contributed by atoms with E-state index in [9.17, 15) is 9.59 Å². The van der Waals surface area contributed by atoms with Crippen molar-refractivity contribution >= 4 is 34.8 Å². The van der Waals surface area contributed by atoms with Crippen molar-refractivity contribution in [3.63, 3.8) is 0 Å². The number of benzene rings is 1. The number of nitrogens with zero attached hydrogens (tertiary/aromatic N) is 2. The molecule has 6 heteroatoms. The number of halogens is 1. The van der Waals surface area contributed by atoms with Crippen LogP contribution in [0.5, 0.6) is 0 Å². The molecular weight excluding hydrogens is 242 g/mol. The quantitative estimate of drug-likeness (QED) is 0.751. The molecule has 17 heavy (non-hydrogen) atoms. The summed E-state index contributed by atoms with van der Waals surface area (Å²) in [5.74, 6) is -0.289.